The SMILES string of the molecule is COc1ccc(NC(=O)c2nnn(-c3ccc(Br)cc3)c2C)c(OC)c1. The maximum atomic E-state index is 12.6. The number of hydrogen-bond acceptors (Lipinski definition) is 5. The van der Waals surface area contributed by atoms with Gasteiger partial charge < -0.3 is 14.8 Å². The van der Waals surface area contributed by atoms with Gasteiger partial charge >= 0.3 is 0 Å². The molecule has 0 aliphatic rings. The van der Waals surface area contributed by atoms with E-state index in [1.165, 1.54) is 7.11 Å². The van der Waals surface area contributed by atoms with Gasteiger partial charge in [0.15, 0.2) is 5.69 Å². The van der Waals surface area contributed by atoms with Crippen LogP contribution in [0.3, 0.4) is 0 Å². The molecule has 0 spiro atoms. The maximum Gasteiger partial charge on any atom is 0.278 e. The third-order valence-corrected chi connectivity index (χ3v) is 4.37. The van der Waals surface area contributed by atoms with E-state index in [2.05, 4.69) is 31.6 Å². The lowest BCUT2D eigenvalue weighted by Gasteiger charge is -2.11. The van der Waals surface area contributed by atoms with E-state index in [0.29, 0.717) is 22.9 Å². The molecule has 2 aromatic carbocycles. The summed E-state index contributed by atoms with van der Waals surface area (Å²) in [6.07, 6.45) is 0. The van der Waals surface area contributed by atoms with Crippen molar-refractivity contribution < 1.29 is 14.3 Å². The first-order valence-corrected chi connectivity index (χ1v) is 8.54. The second kappa shape index (κ2) is 7.57. The number of aromatic nitrogens is 3. The second-order valence-corrected chi connectivity index (χ2v) is 6.35. The van der Waals surface area contributed by atoms with Crippen molar-refractivity contribution in [1.29, 1.82) is 0 Å². The molecule has 0 aliphatic carbocycles. The van der Waals surface area contributed by atoms with Crippen LogP contribution in [0.4, 0.5) is 5.69 Å². The molecule has 134 valence electrons. The Morgan fingerprint density at radius 2 is 1.85 bits per heavy atom. The van der Waals surface area contributed by atoms with Crippen molar-refractivity contribution in [3.05, 3.63) is 58.3 Å². The van der Waals surface area contributed by atoms with E-state index in [4.69, 9.17) is 9.47 Å². The topological polar surface area (TPSA) is 78.3 Å². The van der Waals surface area contributed by atoms with Gasteiger partial charge in [-0.15, -0.1) is 5.10 Å². The highest BCUT2D eigenvalue weighted by Crippen LogP contribution is 2.29. The summed E-state index contributed by atoms with van der Waals surface area (Å²) in [4.78, 5) is 12.6. The number of hydrogen-bond donors (Lipinski definition) is 1. The zero-order valence-corrected chi connectivity index (χ0v) is 16.1. The lowest BCUT2D eigenvalue weighted by molar-refractivity contribution is 0.102. The Bertz CT molecular complexity index is 938. The molecule has 7 nitrogen and oxygen atoms in total. The van der Waals surface area contributed by atoms with Crippen molar-refractivity contribution in [2.75, 3.05) is 19.5 Å². The number of halogens is 1. The Morgan fingerprint density at radius 1 is 1.12 bits per heavy atom. The number of carbonyl (C=O) groups is 1. The highest BCUT2D eigenvalue weighted by Gasteiger charge is 2.19. The van der Waals surface area contributed by atoms with Crippen LogP contribution in [0.2, 0.25) is 0 Å². The van der Waals surface area contributed by atoms with Gasteiger partial charge in [-0.3, -0.25) is 4.79 Å². The Kier molecular flexibility index (Phi) is 5.22. The smallest absolute Gasteiger partial charge is 0.278 e. The van der Waals surface area contributed by atoms with Crippen LogP contribution in [-0.4, -0.2) is 35.1 Å². The summed E-state index contributed by atoms with van der Waals surface area (Å²) in [6, 6.07) is 12.7. The maximum absolute atomic E-state index is 12.6. The molecule has 26 heavy (non-hydrogen) atoms. The molecule has 0 saturated heterocycles. The first-order chi connectivity index (χ1) is 12.5. The zero-order chi connectivity index (χ0) is 18.7. The predicted octanol–water partition coefficient (Wildman–Crippen LogP) is 3.61. The van der Waals surface area contributed by atoms with Crippen LogP contribution >= 0.6 is 15.9 Å². The van der Waals surface area contributed by atoms with Gasteiger partial charge in [0.25, 0.3) is 5.91 Å². The van der Waals surface area contributed by atoms with Crippen LogP contribution in [0.1, 0.15) is 16.2 Å². The van der Waals surface area contributed by atoms with E-state index in [9.17, 15) is 4.79 Å². The van der Waals surface area contributed by atoms with Crippen molar-refractivity contribution in [2.24, 2.45) is 0 Å². The third-order valence-electron chi connectivity index (χ3n) is 3.84. The first-order valence-electron chi connectivity index (χ1n) is 7.75. The number of carbonyl (C=O) groups excluding carboxylic acids is 1. The second-order valence-electron chi connectivity index (χ2n) is 5.43. The molecule has 0 bridgehead atoms. The van der Waals surface area contributed by atoms with Crippen LogP contribution in [0.15, 0.2) is 46.9 Å². The summed E-state index contributed by atoms with van der Waals surface area (Å²) < 4.78 is 13.0. The Hall–Kier alpha value is -2.87. The van der Waals surface area contributed by atoms with Crippen molar-refractivity contribution in [3.8, 4) is 17.2 Å². The highest BCUT2D eigenvalue weighted by molar-refractivity contribution is 9.10. The molecule has 8 heteroatoms. The molecule has 1 N–H and O–H groups in total. The molecule has 0 atom stereocenters. The molecule has 3 rings (SSSR count). The van der Waals surface area contributed by atoms with Crippen LogP contribution in [-0.2, 0) is 0 Å². The number of amides is 1. The fourth-order valence-corrected chi connectivity index (χ4v) is 2.71. The van der Waals surface area contributed by atoms with E-state index in [0.717, 1.165) is 10.2 Å². The Labute approximate surface area is 159 Å². The van der Waals surface area contributed by atoms with E-state index < -0.39 is 0 Å². The number of anilines is 1. The number of nitrogens with one attached hydrogen (secondary N) is 1. The van der Waals surface area contributed by atoms with Crippen LogP contribution in [0.5, 0.6) is 11.5 Å². The fraction of sp³-hybridized carbons (Fsp3) is 0.167. The lowest BCUT2D eigenvalue weighted by Crippen LogP contribution is -2.15. The molecule has 1 heterocycles. The number of methoxy groups -OCH3 is 2. The van der Waals surface area contributed by atoms with E-state index in [1.807, 2.05) is 24.3 Å². The third kappa shape index (κ3) is 3.55. The molecule has 0 saturated carbocycles. The van der Waals surface area contributed by atoms with Crippen LogP contribution in [0.25, 0.3) is 5.69 Å². The first kappa shape index (κ1) is 17.9. The number of ether oxygens (including phenoxy) is 2. The minimum absolute atomic E-state index is 0.241. The lowest BCUT2D eigenvalue weighted by atomic mass is 10.2. The minimum Gasteiger partial charge on any atom is -0.497 e. The predicted molar refractivity (Wildman–Crippen MR) is 101 cm³/mol. The standard InChI is InChI=1S/C18H17BrN4O3/c1-11-17(21-22-23(11)13-6-4-12(19)5-7-13)18(24)20-15-9-8-14(25-2)10-16(15)26-3/h4-10H,1-3H3,(H,20,24). The summed E-state index contributed by atoms with van der Waals surface area (Å²) in [6.45, 7) is 1.79. The number of benzene rings is 2. The molecule has 0 radical (unpaired) electrons. The molecule has 1 amide bonds. The van der Waals surface area contributed by atoms with Gasteiger partial charge in [0.05, 0.1) is 31.3 Å². The molecular formula is C18H17BrN4O3. The monoisotopic (exact) mass is 416 g/mol. The molecule has 3 aromatic rings. The molecule has 0 fully saturated rings. The van der Waals surface area contributed by atoms with Gasteiger partial charge in [-0.2, -0.15) is 0 Å². The van der Waals surface area contributed by atoms with Gasteiger partial charge in [0, 0.05) is 10.5 Å². The average Bonchev–Trinajstić information content (AvgIpc) is 3.04. The number of rotatable bonds is 5. The molecular weight excluding hydrogens is 400 g/mol. The molecule has 0 unspecified atom stereocenters. The fourth-order valence-electron chi connectivity index (χ4n) is 2.45. The number of nitrogens with zero attached hydrogens (tertiary/aromatic N) is 3. The largest absolute Gasteiger partial charge is 0.497 e. The minimum atomic E-state index is -0.366. The Balaban J connectivity index is 1.86. The van der Waals surface area contributed by atoms with Gasteiger partial charge in [-0.1, -0.05) is 21.1 Å². The van der Waals surface area contributed by atoms with E-state index >= 15 is 0 Å². The van der Waals surface area contributed by atoms with Crippen molar-refractivity contribution in [1.82, 2.24) is 15.0 Å². The highest BCUT2D eigenvalue weighted by atomic mass is 79.9. The Morgan fingerprint density at radius 3 is 2.50 bits per heavy atom. The van der Waals surface area contributed by atoms with Crippen LogP contribution in [0, 0.1) is 6.92 Å². The van der Waals surface area contributed by atoms with E-state index in [-0.39, 0.29) is 11.6 Å². The van der Waals surface area contributed by atoms with Crippen LogP contribution < -0.4 is 14.8 Å². The average molecular weight is 417 g/mol. The van der Waals surface area contributed by atoms with Gasteiger partial charge in [-0.25, -0.2) is 4.68 Å². The van der Waals surface area contributed by atoms with Gasteiger partial charge in [-0.05, 0) is 43.3 Å². The summed E-state index contributed by atoms with van der Waals surface area (Å²) in [5, 5.41) is 10.9. The van der Waals surface area contributed by atoms with Crippen molar-refractivity contribution in [2.45, 2.75) is 6.92 Å². The van der Waals surface area contributed by atoms with Gasteiger partial charge in [0.2, 0.25) is 0 Å². The normalized spacial score (nSPS) is 10.5. The summed E-state index contributed by atoms with van der Waals surface area (Å²) >= 11 is 3.40. The summed E-state index contributed by atoms with van der Waals surface area (Å²) in [5.74, 6) is 0.766. The quantitative estimate of drug-likeness (QED) is 0.687. The van der Waals surface area contributed by atoms with Crippen molar-refractivity contribution in [3.63, 3.8) is 0 Å². The summed E-state index contributed by atoms with van der Waals surface area (Å²) in [7, 11) is 3.09. The van der Waals surface area contributed by atoms with E-state index in [1.54, 1.807) is 36.9 Å². The molecule has 0 aliphatic heterocycles. The van der Waals surface area contributed by atoms with Gasteiger partial charge in [0.1, 0.15) is 11.5 Å². The molecule has 1 aromatic heterocycles. The summed E-state index contributed by atoms with van der Waals surface area (Å²) in [5.41, 5.74) is 2.22. The van der Waals surface area contributed by atoms with Crippen molar-refractivity contribution >= 4 is 27.5 Å². The zero-order valence-electron chi connectivity index (χ0n) is 14.5.